The van der Waals surface area contributed by atoms with E-state index in [4.69, 9.17) is 5.11 Å². The molecule has 11 heteroatoms. The van der Waals surface area contributed by atoms with Crippen LogP contribution in [0.2, 0.25) is 0 Å². The molecule has 1 fully saturated rings. The summed E-state index contributed by atoms with van der Waals surface area (Å²) in [6, 6.07) is 9.52. The number of benzene rings is 2. The number of halogens is 3. The predicted octanol–water partition coefficient (Wildman–Crippen LogP) is 5.55. The van der Waals surface area contributed by atoms with Crippen molar-refractivity contribution in [1.29, 1.82) is 0 Å². The van der Waals surface area contributed by atoms with Gasteiger partial charge in [0.05, 0.1) is 18.7 Å². The van der Waals surface area contributed by atoms with E-state index < -0.39 is 29.3 Å². The van der Waals surface area contributed by atoms with E-state index in [1.807, 2.05) is 0 Å². The van der Waals surface area contributed by atoms with Crippen molar-refractivity contribution in [2.75, 3.05) is 6.54 Å². The summed E-state index contributed by atoms with van der Waals surface area (Å²) in [7, 11) is 0. The summed E-state index contributed by atoms with van der Waals surface area (Å²) in [6.45, 7) is 6.75. The van der Waals surface area contributed by atoms with Crippen LogP contribution in [-0.4, -0.2) is 45.3 Å². The number of rotatable bonds is 9. The first kappa shape index (κ1) is 30.8. The highest BCUT2D eigenvalue weighted by Gasteiger charge is 2.31. The van der Waals surface area contributed by atoms with Crippen LogP contribution in [0.3, 0.4) is 0 Å². The van der Waals surface area contributed by atoms with Gasteiger partial charge in [-0.2, -0.15) is 5.10 Å². The number of carbonyl (C=O) groups excluding carboxylic acids is 2. The van der Waals surface area contributed by atoms with E-state index in [2.05, 4.69) is 36.5 Å². The van der Waals surface area contributed by atoms with Crippen LogP contribution in [0.5, 0.6) is 0 Å². The SMILES string of the molecule is CC(C)(C)[C@H]1CC[C@@H](NC(=O)c2cc(-c3cc(F)c(F)c(F)c3)nn2Cc2ccc(C(=O)NCCC(=O)O)cc2)CC1. The van der Waals surface area contributed by atoms with Crippen LogP contribution < -0.4 is 10.6 Å². The second-order valence-corrected chi connectivity index (χ2v) is 11.8. The number of carbonyl (C=O) groups is 3. The van der Waals surface area contributed by atoms with Crippen LogP contribution in [0.1, 0.15) is 79.3 Å². The second-order valence-electron chi connectivity index (χ2n) is 11.8. The van der Waals surface area contributed by atoms with E-state index in [0.717, 1.165) is 37.8 Å². The van der Waals surface area contributed by atoms with Gasteiger partial charge in [0.25, 0.3) is 11.8 Å². The summed E-state index contributed by atoms with van der Waals surface area (Å²) < 4.78 is 43.0. The van der Waals surface area contributed by atoms with E-state index in [1.54, 1.807) is 24.3 Å². The van der Waals surface area contributed by atoms with Crippen LogP contribution >= 0.6 is 0 Å². The molecule has 1 saturated carbocycles. The van der Waals surface area contributed by atoms with Crippen molar-refractivity contribution in [2.24, 2.45) is 11.3 Å². The van der Waals surface area contributed by atoms with Crippen LogP contribution in [-0.2, 0) is 11.3 Å². The molecule has 1 heterocycles. The van der Waals surface area contributed by atoms with Gasteiger partial charge in [-0.05, 0) is 72.9 Å². The molecule has 1 aliphatic rings. The number of nitrogens with zero attached hydrogens (tertiary/aromatic N) is 2. The van der Waals surface area contributed by atoms with E-state index in [0.29, 0.717) is 17.0 Å². The summed E-state index contributed by atoms with van der Waals surface area (Å²) in [5.41, 5.74) is 1.46. The zero-order valence-electron chi connectivity index (χ0n) is 23.8. The van der Waals surface area contributed by atoms with Gasteiger partial charge in [0.1, 0.15) is 5.69 Å². The van der Waals surface area contributed by atoms with Crippen molar-refractivity contribution in [2.45, 2.75) is 65.5 Å². The Morgan fingerprint density at radius 1 is 0.952 bits per heavy atom. The summed E-state index contributed by atoms with van der Waals surface area (Å²) in [6.07, 6.45) is 3.45. The molecule has 0 bridgehead atoms. The van der Waals surface area contributed by atoms with Crippen molar-refractivity contribution in [1.82, 2.24) is 20.4 Å². The fraction of sp³-hybridized carbons (Fsp3) is 0.419. The lowest BCUT2D eigenvalue weighted by molar-refractivity contribution is -0.136. The monoisotopic (exact) mass is 584 g/mol. The minimum absolute atomic E-state index is 0.00706. The van der Waals surface area contributed by atoms with Crippen LogP contribution in [0, 0.1) is 28.8 Å². The molecule has 3 aromatic rings. The van der Waals surface area contributed by atoms with Crippen LogP contribution in [0.4, 0.5) is 13.2 Å². The number of carboxylic acids is 1. The first-order valence-electron chi connectivity index (χ1n) is 13.9. The van der Waals surface area contributed by atoms with E-state index in [1.165, 1.54) is 10.7 Å². The van der Waals surface area contributed by atoms with Gasteiger partial charge in [0.2, 0.25) is 0 Å². The summed E-state index contributed by atoms with van der Waals surface area (Å²) in [5.74, 6) is -5.58. The molecule has 0 atom stereocenters. The molecule has 0 radical (unpaired) electrons. The maximum atomic E-state index is 14.0. The second kappa shape index (κ2) is 12.8. The maximum Gasteiger partial charge on any atom is 0.305 e. The third-order valence-corrected chi connectivity index (χ3v) is 7.75. The van der Waals surface area contributed by atoms with Gasteiger partial charge in [0, 0.05) is 23.7 Å². The number of hydrogen-bond donors (Lipinski definition) is 3. The smallest absolute Gasteiger partial charge is 0.305 e. The molecular weight excluding hydrogens is 549 g/mol. The Bertz CT molecular complexity index is 1430. The molecule has 224 valence electrons. The first-order chi connectivity index (χ1) is 19.8. The highest BCUT2D eigenvalue weighted by molar-refractivity contribution is 5.95. The molecule has 2 aromatic carbocycles. The summed E-state index contributed by atoms with van der Waals surface area (Å²) in [4.78, 5) is 36.4. The maximum absolute atomic E-state index is 14.0. The number of aliphatic carboxylic acids is 1. The van der Waals surface area contributed by atoms with Gasteiger partial charge >= 0.3 is 5.97 Å². The van der Waals surface area contributed by atoms with Crippen molar-refractivity contribution in [3.63, 3.8) is 0 Å². The molecule has 8 nitrogen and oxygen atoms in total. The Labute approximate surface area is 242 Å². The van der Waals surface area contributed by atoms with Gasteiger partial charge < -0.3 is 15.7 Å². The summed E-state index contributed by atoms with van der Waals surface area (Å²) >= 11 is 0. The van der Waals surface area contributed by atoms with Crippen molar-refractivity contribution < 1.29 is 32.7 Å². The number of amides is 2. The largest absolute Gasteiger partial charge is 0.481 e. The van der Waals surface area contributed by atoms with Crippen LogP contribution in [0.25, 0.3) is 11.3 Å². The normalized spacial score (nSPS) is 17.1. The molecule has 0 aliphatic heterocycles. The third kappa shape index (κ3) is 7.57. The average molecular weight is 585 g/mol. The summed E-state index contributed by atoms with van der Waals surface area (Å²) in [5, 5.41) is 18.8. The molecule has 2 amide bonds. The molecule has 0 saturated heterocycles. The lowest BCUT2D eigenvalue weighted by Crippen LogP contribution is -2.40. The van der Waals surface area contributed by atoms with Crippen molar-refractivity contribution in [3.8, 4) is 11.3 Å². The quantitative estimate of drug-likeness (QED) is 0.285. The molecular formula is C31H35F3N4O4. The zero-order chi connectivity index (χ0) is 30.6. The Kier molecular flexibility index (Phi) is 9.38. The van der Waals surface area contributed by atoms with Crippen molar-refractivity contribution in [3.05, 3.63) is 76.7 Å². The third-order valence-electron chi connectivity index (χ3n) is 7.75. The van der Waals surface area contributed by atoms with Crippen molar-refractivity contribution >= 4 is 17.8 Å². The topological polar surface area (TPSA) is 113 Å². The fourth-order valence-electron chi connectivity index (χ4n) is 5.25. The van der Waals surface area contributed by atoms with Gasteiger partial charge in [-0.1, -0.05) is 32.9 Å². The number of hydrogen-bond acceptors (Lipinski definition) is 4. The molecule has 4 rings (SSSR count). The average Bonchev–Trinajstić information content (AvgIpc) is 3.35. The van der Waals surface area contributed by atoms with E-state index >= 15 is 0 Å². The molecule has 0 spiro atoms. The van der Waals surface area contributed by atoms with Gasteiger partial charge in [0.15, 0.2) is 17.5 Å². The van der Waals surface area contributed by atoms with Crippen LogP contribution in [0.15, 0.2) is 42.5 Å². The first-order valence-corrected chi connectivity index (χ1v) is 13.9. The molecule has 1 aromatic heterocycles. The highest BCUT2D eigenvalue weighted by Crippen LogP contribution is 2.37. The lowest BCUT2D eigenvalue weighted by Gasteiger charge is -2.37. The Balaban J connectivity index is 1.55. The fourth-order valence-corrected chi connectivity index (χ4v) is 5.25. The molecule has 3 N–H and O–H groups in total. The minimum Gasteiger partial charge on any atom is -0.481 e. The Morgan fingerprint density at radius 2 is 1.57 bits per heavy atom. The Hall–Kier alpha value is -4.15. The van der Waals surface area contributed by atoms with Gasteiger partial charge in [-0.25, -0.2) is 13.2 Å². The lowest BCUT2D eigenvalue weighted by atomic mass is 9.71. The molecule has 1 aliphatic carbocycles. The molecule has 42 heavy (non-hydrogen) atoms. The van der Waals surface area contributed by atoms with Gasteiger partial charge in [-0.15, -0.1) is 0 Å². The zero-order valence-corrected chi connectivity index (χ0v) is 23.8. The van der Waals surface area contributed by atoms with E-state index in [-0.39, 0.29) is 53.8 Å². The number of carboxylic acid groups (broad SMARTS) is 1. The number of nitrogens with one attached hydrogen (secondary N) is 2. The highest BCUT2D eigenvalue weighted by atomic mass is 19.2. The van der Waals surface area contributed by atoms with E-state index in [9.17, 15) is 27.6 Å². The predicted molar refractivity (Wildman–Crippen MR) is 150 cm³/mol. The van der Waals surface area contributed by atoms with Gasteiger partial charge in [-0.3, -0.25) is 19.1 Å². The number of aromatic nitrogens is 2. The Morgan fingerprint density at radius 3 is 2.14 bits per heavy atom. The molecule has 0 unspecified atom stereocenters. The minimum atomic E-state index is -1.59. The standard InChI is InChI=1S/C31H35F3N4O4/c1-31(2,3)21-8-10-22(11-9-21)36-30(42)26-16-25(20-14-23(32)28(34)24(33)15-20)37-38(26)17-18-4-6-19(7-5-18)29(41)35-13-12-27(39)40/h4-7,14-16,21-22H,8-13,17H2,1-3H3,(H,35,41)(H,36,42)(H,39,40)/t21-,22+.